The predicted octanol–water partition coefficient (Wildman–Crippen LogP) is 1.81. The predicted molar refractivity (Wildman–Crippen MR) is 85.8 cm³/mol. The zero-order valence-electron chi connectivity index (χ0n) is 12.7. The molecule has 0 aliphatic heterocycles. The van der Waals surface area contributed by atoms with Crippen molar-refractivity contribution >= 4 is 27.9 Å². The highest BCUT2D eigenvalue weighted by molar-refractivity contribution is 7.19. The summed E-state index contributed by atoms with van der Waals surface area (Å²) in [6.45, 7) is 6.48. The van der Waals surface area contributed by atoms with Gasteiger partial charge in [0.05, 0.1) is 12.3 Å². The molecule has 116 valence electrons. The van der Waals surface area contributed by atoms with Gasteiger partial charge >= 0.3 is 0 Å². The first kappa shape index (κ1) is 17.3. The van der Waals surface area contributed by atoms with E-state index < -0.39 is 0 Å². The molecule has 0 radical (unpaired) electrons. The second-order valence-corrected chi connectivity index (χ2v) is 5.46. The number of hydrogen-bond acceptors (Lipinski definition) is 6. The maximum absolute atomic E-state index is 12.1. The van der Waals surface area contributed by atoms with Crippen LogP contribution in [-0.4, -0.2) is 39.3 Å². The molecule has 1 heterocycles. The van der Waals surface area contributed by atoms with E-state index in [1.54, 1.807) is 7.11 Å². The Labute approximate surface area is 129 Å². The van der Waals surface area contributed by atoms with Crippen LogP contribution in [0.1, 0.15) is 35.5 Å². The van der Waals surface area contributed by atoms with Crippen LogP contribution < -0.4 is 16.0 Å². The van der Waals surface area contributed by atoms with E-state index in [0.29, 0.717) is 36.7 Å². The number of amides is 1. The topological polar surface area (TPSA) is 91.4 Å². The molecule has 0 aromatic carbocycles. The minimum atomic E-state index is -0.218. The smallest absolute Gasteiger partial charge is 0.263 e. The van der Waals surface area contributed by atoms with Gasteiger partial charge in [-0.1, -0.05) is 6.92 Å². The van der Waals surface area contributed by atoms with E-state index in [-0.39, 0.29) is 11.6 Å². The first-order chi connectivity index (χ1) is 10.1. The minimum Gasteiger partial charge on any atom is -0.396 e. The highest BCUT2D eigenvalue weighted by Crippen LogP contribution is 2.37. The van der Waals surface area contributed by atoms with Crippen molar-refractivity contribution in [3.05, 3.63) is 10.4 Å². The molecule has 0 atom stereocenters. The number of ether oxygens (including phenoxy) is 1. The van der Waals surface area contributed by atoms with Crippen molar-refractivity contribution in [2.24, 2.45) is 0 Å². The summed E-state index contributed by atoms with van der Waals surface area (Å²) in [5.41, 5.74) is 6.62. The van der Waals surface area contributed by atoms with Gasteiger partial charge in [-0.15, -0.1) is 11.3 Å². The first-order valence-electron chi connectivity index (χ1n) is 6.95. The number of nitrogen functional groups attached to an aromatic ring is 1. The van der Waals surface area contributed by atoms with Gasteiger partial charge in [-0.2, -0.15) is 5.26 Å². The summed E-state index contributed by atoms with van der Waals surface area (Å²) in [5.74, 6) is -0.218. The number of nitriles is 1. The number of methoxy groups -OCH3 is 1. The number of nitrogens with two attached hydrogens (primary N) is 1. The van der Waals surface area contributed by atoms with Gasteiger partial charge in [-0.25, -0.2) is 0 Å². The van der Waals surface area contributed by atoms with Crippen LogP contribution in [0.2, 0.25) is 0 Å². The van der Waals surface area contributed by atoms with Gasteiger partial charge in [0.2, 0.25) is 0 Å². The van der Waals surface area contributed by atoms with Crippen LogP contribution in [0.3, 0.4) is 0 Å². The van der Waals surface area contributed by atoms with Crippen molar-refractivity contribution in [2.45, 2.75) is 20.3 Å². The van der Waals surface area contributed by atoms with Crippen LogP contribution in [-0.2, 0) is 4.74 Å². The standard InChI is InChI=1S/C14H22N4O2S/c1-4-6-17-13(19)12-11(16)10(9-15)14(21-12)18(5-2)7-8-20-3/h4-8,16H2,1-3H3,(H,17,19). The van der Waals surface area contributed by atoms with Gasteiger partial charge in [0.25, 0.3) is 5.91 Å². The number of nitrogens with zero attached hydrogens (tertiary/aromatic N) is 2. The van der Waals surface area contributed by atoms with Crippen molar-refractivity contribution in [1.82, 2.24) is 5.32 Å². The largest absolute Gasteiger partial charge is 0.396 e. The molecule has 0 bridgehead atoms. The van der Waals surface area contributed by atoms with Crippen molar-refractivity contribution < 1.29 is 9.53 Å². The fourth-order valence-electron chi connectivity index (χ4n) is 1.85. The zero-order chi connectivity index (χ0) is 15.8. The Balaban J connectivity index is 3.10. The molecule has 0 spiro atoms. The molecule has 0 saturated heterocycles. The molecular formula is C14H22N4O2S. The maximum atomic E-state index is 12.1. The van der Waals surface area contributed by atoms with Crippen LogP contribution in [0.5, 0.6) is 0 Å². The summed E-state index contributed by atoms with van der Waals surface area (Å²) >= 11 is 1.26. The third kappa shape index (κ3) is 4.09. The molecule has 7 heteroatoms. The summed E-state index contributed by atoms with van der Waals surface area (Å²) in [6.07, 6.45) is 0.851. The number of nitrogens with one attached hydrogen (secondary N) is 1. The van der Waals surface area contributed by atoms with Gasteiger partial charge in [0, 0.05) is 26.7 Å². The number of rotatable bonds is 8. The molecule has 0 saturated carbocycles. The molecule has 1 amide bonds. The summed E-state index contributed by atoms with van der Waals surface area (Å²) in [5, 5.41) is 12.9. The van der Waals surface area contributed by atoms with Gasteiger partial charge < -0.3 is 20.7 Å². The van der Waals surface area contributed by atoms with Crippen LogP contribution >= 0.6 is 11.3 Å². The van der Waals surface area contributed by atoms with Gasteiger partial charge in [0.1, 0.15) is 21.5 Å². The van der Waals surface area contributed by atoms with E-state index in [2.05, 4.69) is 11.4 Å². The normalized spacial score (nSPS) is 10.2. The molecule has 0 unspecified atom stereocenters. The van der Waals surface area contributed by atoms with Crippen molar-refractivity contribution in [3.63, 3.8) is 0 Å². The lowest BCUT2D eigenvalue weighted by Crippen LogP contribution is -2.26. The quantitative estimate of drug-likeness (QED) is 0.764. The molecule has 0 aliphatic carbocycles. The van der Waals surface area contributed by atoms with E-state index >= 15 is 0 Å². The summed E-state index contributed by atoms with van der Waals surface area (Å²) in [4.78, 5) is 14.5. The molecule has 3 N–H and O–H groups in total. The second-order valence-electron chi connectivity index (χ2n) is 4.47. The fourth-order valence-corrected chi connectivity index (χ4v) is 3.03. The monoisotopic (exact) mass is 310 g/mol. The van der Waals surface area contributed by atoms with Crippen molar-refractivity contribution in [2.75, 3.05) is 44.0 Å². The second kappa shape index (κ2) is 8.49. The number of hydrogen-bond donors (Lipinski definition) is 2. The number of carbonyl (C=O) groups excluding carboxylic acids is 1. The lowest BCUT2D eigenvalue weighted by atomic mass is 10.2. The minimum absolute atomic E-state index is 0.218. The van der Waals surface area contributed by atoms with Crippen molar-refractivity contribution in [1.29, 1.82) is 5.26 Å². The highest BCUT2D eigenvalue weighted by Gasteiger charge is 2.23. The Morgan fingerprint density at radius 2 is 2.24 bits per heavy atom. The van der Waals surface area contributed by atoms with E-state index in [1.165, 1.54) is 11.3 Å². The highest BCUT2D eigenvalue weighted by atomic mass is 32.1. The van der Waals surface area contributed by atoms with E-state index in [1.807, 2.05) is 18.7 Å². The van der Waals surface area contributed by atoms with Crippen LogP contribution in [0, 0.1) is 11.3 Å². The van der Waals surface area contributed by atoms with Gasteiger partial charge in [0.15, 0.2) is 0 Å². The summed E-state index contributed by atoms with van der Waals surface area (Å²) in [6, 6.07) is 2.11. The van der Waals surface area contributed by atoms with E-state index in [0.717, 1.165) is 11.4 Å². The van der Waals surface area contributed by atoms with Crippen LogP contribution in [0.15, 0.2) is 0 Å². The van der Waals surface area contributed by atoms with Crippen LogP contribution in [0.4, 0.5) is 10.7 Å². The average molecular weight is 310 g/mol. The molecule has 0 aliphatic rings. The van der Waals surface area contributed by atoms with Crippen LogP contribution in [0.25, 0.3) is 0 Å². The third-order valence-corrected chi connectivity index (χ3v) is 4.28. The Morgan fingerprint density at radius 1 is 1.52 bits per heavy atom. The van der Waals surface area contributed by atoms with E-state index in [9.17, 15) is 10.1 Å². The fraction of sp³-hybridized carbons (Fsp3) is 0.571. The summed E-state index contributed by atoms with van der Waals surface area (Å²) < 4.78 is 5.08. The lowest BCUT2D eigenvalue weighted by molar-refractivity contribution is 0.0958. The number of thiophene rings is 1. The Kier molecular flexibility index (Phi) is 6.99. The Bertz CT molecular complexity index is 522. The van der Waals surface area contributed by atoms with E-state index in [4.69, 9.17) is 10.5 Å². The molecule has 6 nitrogen and oxygen atoms in total. The molecule has 0 fully saturated rings. The molecule has 1 aromatic heterocycles. The van der Waals surface area contributed by atoms with Gasteiger partial charge in [-0.3, -0.25) is 4.79 Å². The number of carbonyl (C=O) groups is 1. The summed E-state index contributed by atoms with van der Waals surface area (Å²) in [7, 11) is 1.63. The zero-order valence-corrected chi connectivity index (χ0v) is 13.5. The number of anilines is 2. The third-order valence-electron chi connectivity index (χ3n) is 3.01. The molecule has 1 aromatic rings. The molecule has 1 rings (SSSR count). The molecular weight excluding hydrogens is 288 g/mol. The Hall–Kier alpha value is -1.78. The molecule has 21 heavy (non-hydrogen) atoms. The first-order valence-corrected chi connectivity index (χ1v) is 7.76. The lowest BCUT2D eigenvalue weighted by Gasteiger charge is -2.21. The SMILES string of the molecule is CCCNC(=O)c1sc(N(CC)CCOC)c(C#N)c1N. The average Bonchev–Trinajstić information content (AvgIpc) is 2.82. The number of likely N-dealkylation sites (N-methyl/N-ethyl adjacent to an activating group) is 1. The van der Waals surface area contributed by atoms with Crippen molar-refractivity contribution in [3.8, 4) is 6.07 Å². The van der Waals surface area contributed by atoms with Gasteiger partial charge in [-0.05, 0) is 13.3 Å². The maximum Gasteiger partial charge on any atom is 0.263 e. The Morgan fingerprint density at radius 3 is 2.76 bits per heavy atom.